The minimum atomic E-state index is -1.98. The number of halogens is 1. The zero-order chi connectivity index (χ0) is 25.1. The molecule has 2 unspecified atom stereocenters. The molecule has 1 aromatic heterocycles. The van der Waals surface area contributed by atoms with Crippen molar-refractivity contribution in [2.75, 3.05) is 14.1 Å². The number of allylic oxidation sites excluding steroid dienone is 3. The lowest BCUT2D eigenvalue weighted by atomic mass is 9.56. The van der Waals surface area contributed by atoms with Gasteiger partial charge in [-0.1, -0.05) is 31.2 Å². The van der Waals surface area contributed by atoms with Crippen LogP contribution in [0.1, 0.15) is 51.0 Å². The van der Waals surface area contributed by atoms with Gasteiger partial charge in [-0.3, -0.25) is 0 Å². The fourth-order valence-corrected chi connectivity index (χ4v) is 8.59. The maximum absolute atomic E-state index is 16.9. The topological polar surface area (TPSA) is 78.7 Å². The number of aliphatic hydroxyl groups excluding tert-OH is 2. The van der Waals surface area contributed by atoms with Crippen LogP contribution in [0, 0.1) is 11.3 Å². The summed E-state index contributed by atoms with van der Waals surface area (Å²) in [5.74, 6) is 0.206. The summed E-state index contributed by atoms with van der Waals surface area (Å²) >= 11 is 0. The largest absolute Gasteiger partial charge is 0.389 e. The van der Waals surface area contributed by atoms with E-state index >= 15 is 4.39 Å². The molecule has 7 rings (SSSR count). The zero-order valence-corrected chi connectivity index (χ0v) is 21.1. The Kier molecular flexibility index (Phi) is 4.61. The molecule has 6 nitrogen and oxygen atoms in total. The molecule has 7 heteroatoms. The number of nitrogens with zero attached hydrogens (tertiary/aromatic N) is 3. The number of alkyl halides is 1. The highest BCUT2D eigenvalue weighted by atomic mass is 19.1. The third kappa shape index (κ3) is 2.65. The number of hydrogen-bond donors (Lipinski definition) is 2. The van der Waals surface area contributed by atoms with Crippen LogP contribution in [0.2, 0.25) is 0 Å². The van der Waals surface area contributed by atoms with Crippen LogP contribution < -0.4 is 0 Å². The molecule has 2 bridgehead atoms. The van der Waals surface area contributed by atoms with E-state index in [1.165, 1.54) is 11.1 Å². The average molecular weight is 492 g/mol. The maximum Gasteiger partial charge on any atom is 0.171 e. The SMILES string of the molecule is CN(C)[C@H]1C[C@@]23CC[C@@]4(O2)C(=CC[C@]2(C)C(c5ccc6cnncc6c5)=CCC24)CC3(F)[C@@H](O)[C@@H]1O. The molecule has 8 atom stereocenters. The Morgan fingerprint density at radius 2 is 1.86 bits per heavy atom. The second-order valence-corrected chi connectivity index (χ2v) is 12.3. The normalized spacial score (nSPS) is 45.2. The molecule has 1 aromatic carbocycles. The molecular weight excluding hydrogens is 457 g/mol. The number of aromatic nitrogens is 2. The van der Waals surface area contributed by atoms with Crippen molar-refractivity contribution in [3.63, 3.8) is 0 Å². The van der Waals surface area contributed by atoms with Crippen LogP contribution in [-0.2, 0) is 4.74 Å². The summed E-state index contributed by atoms with van der Waals surface area (Å²) < 4.78 is 23.9. The Morgan fingerprint density at radius 1 is 1.08 bits per heavy atom. The number of benzene rings is 1. The first kappa shape index (κ1) is 23.0. The van der Waals surface area contributed by atoms with Crippen molar-refractivity contribution in [2.24, 2.45) is 11.3 Å². The standard InChI is InChI=1S/C29H34FN3O3/c1-26-9-8-20-13-29(30)25(35)24(34)22(33(2)3)14-27(29)10-11-28(20,36-27)23(26)7-6-21(26)17-4-5-18-15-31-32-16-19(18)12-17/h4-6,8,12,15-16,22-25,34-35H,7,9-11,13-14H2,1-3H3/t22-,23?,24+,25-,26+,27+,28+,29?/m0/s1. The molecule has 2 saturated heterocycles. The number of aliphatic hydroxyl groups is 2. The minimum Gasteiger partial charge on any atom is -0.389 e. The third-order valence-electron chi connectivity index (χ3n) is 10.6. The number of likely N-dealkylation sites (N-methyl/N-ethyl adjacent to an activating group) is 1. The molecule has 36 heavy (non-hydrogen) atoms. The first-order chi connectivity index (χ1) is 17.1. The fraction of sp³-hybridized carbons (Fsp3) is 0.586. The zero-order valence-electron chi connectivity index (χ0n) is 21.1. The minimum absolute atomic E-state index is 0.132. The van der Waals surface area contributed by atoms with Gasteiger partial charge in [-0.05, 0) is 69.0 Å². The highest BCUT2D eigenvalue weighted by Crippen LogP contribution is 2.70. The highest BCUT2D eigenvalue weighted by molar-refractivity contribution is 5.86. The van der Waals surface area contributed by atoms with E-state index in [4.69, 9.17) is 4.74 Å². The molecule has 1 saturated carbocycles. The Balaban J connectivity index is 1.29. The van der Waals surface area contributed by atoms with Crippen LogP contribution in [0.4, 0.5) is 4.39 Å². The lowest BCUT2D eigenvalue weighted by molar-refractivity contribution is -0.282. The van der Waals surface area contributed by atoms with Crippen LogP contribution in [0.25, 0.3) is 16.3 Å². The van der Waals surface area contributed by atoms with Crippen LogP contribution >= 0.6 is 0 Å². The Bertz CT molecular complexity index is 1330. The van der Waals surface area contributed by atoms with E-state index in [9.17, 15) is 10.2 Å². The van der Waals surface area contributed by atoms with Gasteiger partial charge in [0.2, 0.25) is 0 Å². The van der Waals surface area contributed by atoms with Gasteiger partial charge in [-0.2, -0.15) is 10.2 Å². The maximum atomic E-state index is 16.9. The molecular formula is C29H34FN3O3. The summed E-state index contributed by atoms with van der Waals surface area (Å²) in [5.41, 5.74) is -0.217. The van der Waals surface area contributed by atoms with Crippen molar-refractivity contribution in [1.29, 1.82) is 0 Å². The van der Waals surface area contributed by atoms with Crippen molar-refractivity contribution < 1.29 is 19.3 Å². The summed E-state index contributed by atoms with van der Waals surface area (Å²) in [7, 11) is 3.75. The number of fused-ring (bicyclic) bond motifs is 2. The second kappa shape index (κ2) is 7.22. The summed E-state index contributed by atoms with van der Waals surface area (Å²) in [6.45, 7) is 2.33. The predicted molar refractivity (Wildman–Crippen MR) is 135 cm³/mol. The Labute approximate surface area is 210 Å². The number of rotatable bonds is 2. The molecule has 0 radical (unpaired) electrons. The molecule has 5 aliphatic rings. The second-order valence-electron chi connectivity index (χ2n) is 12.3. The third-order valence-corrected chi connectivity index (χ3v) is 10.6. The molecule has 3 fully saturated rings. The van der Waals surface area contributed by atoms with Gasteiger partial charge in [0.1, 0.15) is 11.7 Å². The number of ether oxygens (including phenoxy) is 1. The first-order valence-electron chi connectivity index (χ1n) is 13.2. The molecule has 3 aliphatic carbocycles. The van der Waals surface area contributed by atoms with E-state index in [0.29, 0.717) is 12.8 Å². The van der Waals surface area contributed by atoms with Gasteiger partial charge < -0.3 is 19.8 Å². The lowest BCUT2D eigenvalue weighted by Gasteiger charge is -2.61. The lowest BCUT2D eigenvalue weighted by Crippen LogP contribution is -2.73. The molecule has 2 spiro atoms. The van der Waals surface area contributed by atoms with Crippen LogP contribution in [0.15, 0.2) is 48.3 Å². The highest BCUT2D eigenvalue weighted by Gasteiger charge is 2.76. The van der Waals surface area contributed by atoms with Crippen molar-refractivity contribution in [3.05, 3.63) is 53.9 Å². The van der Waals surface area contributed by atoms with Gasteiger partial charge >= 0.3 is 0 Å². The molecule has 2 aromatic rings. The van der Waals surface area contributed by atoms with E-state index < -0.39 is 29.1 Å². The van der Waals surface area contributed by atoms with Gasteiger partial charge in [0, 0.05) is 34.6 Å². The van der Waals surface area contributed by atoms with E-state index in [0.717, 1.165) is 35.6 Å². The van der Waals surface area contributed by atoms with Crippen molar-refractivity contribution in [1.82, 2.24) is 15.1 Å². The molecule has 3 heterocycles. The van der Waals surface area contributed by atoms with Gasteiger partial charge in [0.05, 0.1) is 24.1 Å². The number of hydrogen-bond acceptors (Lipinski definition) is 6. The average Bonchev–Trinajstić information content (AvgIpc) is 3.40. The van der Waals surface area contributed by atoms with Gasteiger partial charge in [0.25, 0.3) is 0 Å². The summed E-state index contributed by atoms with van der Waals surface area (Å²) in [6, 6.07) is 6.13. The first-order valence-corrected chi connectivity index (χ1v) is 13.2. The van der Waals surface area contributed by atoms with Crippen molar-refractivity contribution >= 4 is 16.3 Å². The molecule has 2 N–H and O–H groups in total. The van der Waals surface area contributed by atoms with Crippen LogP contribution in [-0.4, -0.2) is 74.5 Å². The van der Waals surface area contributed by atoms with Gasteiger partial charge in [-0.15, -0.1) is 0 Å². The van der Waals surface area contributed by atoms with Crippen molar-refractivity contribution in [2.45, 2.75) is 80.6 Å². The molecule has 0 amide bonds. The quantitative estimate of drug-likeness (QED) is 0.622. The van der Waals surface area contributed by atoms with E-state index in [1.807, 2.05) is 25.2 Å². The van der Waals surface area contributed by atoms with Crippen molar-refractivity contribution in [3.8, 4) is 0 Å². The van der Waals surface area contributed by atoms with E-state index in [-0.39, 0.29) is 23.8 Å². The predicted octanol–water partition coefficient (Wildman–Crippen LogP) is 3.83. The Hall–Kier alpha value is -2.19. The summed E-state index contributed by atoms with van der Waals surface area (Å²) in [4.78, 5) is 1.90. The fourth-order valence-electron chi connectivity index (χ4n) is 8.59. The van der Waals surface area contributed by atoms with Crippen LogP contribution in [0.3, 0.4) is 0 Å². The van der Waals surface area contributed by atoms with Crippen LogP contribution in [0.5, 0.6) is 0 Å². The summed E-state index contributed by atoms with van der Waals surface area (Å²) in [5, 5.41) is 32.1. The molecule has 190 valence electrons. The van der Waals surface area contributed by atoms with E-state index in [1.54, 1.807) is 6.20 Å². The summed E-state index contributed by atoms with van der Waals surface area (Å²) in [6.07, 6.45) is 9.06. The van der Waals surface area contributed by atoms with Gasteiger partial charge in [0.15, 0.2) is 5.67 Å². The monoisotopic (exact) mass is 491 g/mol. The molecule has 2 aliphatic heterocycles. The Morgan fingerprint density at radius 3 is 2.64 bits per heavy atom. The van der Waals surface area contributed by atoms with E-state index in [2.05, 4.69) is 47.5 Å². The van der Waals surface area contributed by atoms with Gasteiger partial charge in [-0.25, -0.2) is 4.39 Å². The smallest absolute Gasteiger partial charge is 0.171 e.